The summed E-state index contributed by atoms with van der Waals surface area (Å²) < 4.78 is 7.61. The molecule has 0 bridgehead atoms. The predicted molar refractivity (Wildman–Crippen MR) is 153 cm³/mol. The Bertz CT molecular complexity index is 1800. The van der Waals surface area contributed by atoms with Gasteiger partial charge in [-0.25, -0.2) is 4.98 Å². The lowest BCUT2D eigenvalue weighted by Gasteiger charge is -2.10. The van der Waals surface area contributed by atoms with Crippen LogP contribution in [0.15, 0.2) is 81.3 Å². The highest BCUT2D eigenvalue weighted by molar-refractivity contribution is 7.98. The maximum absolute atomic E-state index is 13.2. The Kier molecular flexibility index (Phi) is 6.47. The molecule has 0 atom stereocenters. The molecule has 6 rings (SSSR count). The number of thioether (sulfide) groups is 1. The Morgan fingerprint density at radius 3 is 2.53 bits per heavy atom. The van der Waals surface area contributed by atoms with E-state index in [1.807, 2.05) is 38.1 Å². The molecule has 0 fully saturated rings. The highest BCUT2D eigenvalue weighted by atomic mass is 32.2. The average Bonchev–Trinajstić information content (AvgIpc) is 3.60. The van der Waals surface area contributed by atoms with Crippen molar-refractivity contribution >= 4 is 33.3 Å². The molecule has 190 valence electrons. The number of furan rings is 1. The maximum Gasteiger partial charge on any atom is 0.260 e. The van der Waals surface area contributed by atoms with Crippen molar-refractivity contribution in [2.24, 2.45) is 0 Å². The molecule has 0 unspecified atom stereocenters. The van der Waals surface area contributed by atoms with E-state index in [0.717, 1.165) is 48.7 Å². The molecule has 1 N–H and O–H groups in total. The molecular weight excluding hydrogens is 514 g/mol. The fourth-order valence-electron chi connectivity index (χ4n) is 4.55. The van der Waals surface area contributed by atoms with E-state index in [-0.39, 0.29) is 5.56 Å². The van der Waals surface area contributed by atoms with Crippen molar-refractivity contribution in [3.63, 3.8) is 0 Å². The van der Waals surface area contributed by atoms with Gasteiger partial charge in [0.05, 0.1) is 29.5 Å². The van der Waals surface area contributed by atoms with Gasteiger partial charge in [0.25, 0.3) is 5.56 Å². The van der Waals surface area contributed by atoms with Gasteiger partial charge in [0.15, 0.2) is 11.0 Å². The second kappa shape index (κ2) is 10.1. The molecule has 2 aromatic carbocycles. The zero-order chi connectivity index (χ0) is 26.2. The lowest BCUT2D eigenvalue weighted by Crippen LogP contribution is -2.11. The number of H-pyrrole nitrogens is 1. The molecule has 4 aromatic heterocycles. The minimum atomic E-state index is -0.119. The van der Waals surface area contributed by atoms with Gasteiger partial charge in [0, 0.05) is 10.4 Å². The van der Waals surface area contributed by atoms with Crippen molar-refractivity contribution in [3.8, 4) is 22.5 Å². The Morgan fingerprint density at radius 1 is 1.00 bits per heavy atom. The lowest BCUT2D eigenvalue weighted by atomic mass is 10.0. The monoisotopic (exact) mass is 539 g/mol. The third-order valence-corrected chi connectivity index (χ3v) is 8.44. The summed E-state index contributed by atoms with van der Waals surface area (Å²) in [5, 5.41) is 10.4. The van der Waals surface area contributed by atoms with Gasteiger partial charge in [-0.05, 0) is 38.0 Å². The number of benzene rings is 2. The molecular formula is C29H25N5O2S2. The van der Waals surface area contributed by atoms with Crippen LogP contribution in [0.25, 0.3) is 32.7 Å². The molecule has 0 radical (unpaired) electrons. The molecule has 9 heteroatoms. The quantitative estimate of drug-likeness (QED) is 0.225. The van der Waals surface area contributed by atoms with Crippen LogP contribution in [-0.2, 0) is 12.3 Å². The fourth-order valence-corrected chi connectivity index (χ4v) is 6.43. The molecule has 4 heterocycles. The SMILES string of the molecule is Cc1ccc(-c2c(C)sc3nc(CSc4nnc(-c5ccoc5C)n4Cc4ccccc4)[nH]c(=O)c23)cc1. The third kappa shape index (κ3) is 4.59. The van der Waals surface area contributed by atoms with Crippen molar-refractivity contribution in [1.82, 2.24) is 24.7 Å². The smallest absolute Gasteiger partial charge is 0.260 e. The van der Waals surface area contributed by atoms with Gasteiger partial charge in [0.2, 0.25) is 0 Å². The van der Waals surface area contributed by atoms with Crippen LogP contribution in [0.1, 0.15) is 27.6 Å². The van der Waals surface area contributed by atoms with Gasteiger partial charge in [-0.1, -0.05) is 71.9 Å². The number of thiophene rings is 1. The van der Waals surface area contributed by atoms with E-state index in [4.69, 9.17) is 9.40 Å². The van der Waals surface area contributed by atoms with Gasteiger partial charge in [-0.3, -0.25) is 9.36 Å². The van der Waals surface area contributed by atoms with Gasteiger partial charge < -0.3 is 9.40 Å². The first kappa shape index (κ1) is 24.4. The van der Waals surface area contributed by atoms with Gasteiger partial charge in [-0.2, -0.15) is 0 Å². The predicted octanol–water partition coefficient (Wildman–Crippen LogP) is 6.77. The molecule has 6 aromatic rings. The molecule has 0 saturated carbocycles. The van der Waals surface area contributed by atoms with E-state index < -0.39 is 0 Å². The van der Waals surface area contributed by atoms with E-state index in [1.165, 1.54) is 17.3 Å². The highest BCUT2D eigenvalue weighted by Gasteiger charge is 2.20. The summed E-state index contributed by atoms with van der Waals surface area (Å²) in [5.74, 6) is 2.60. The van der Waals surface area contributed by atoms with Crippen molar-refractivity contribution in [2.45, 2.75) is 38.2 Å². The number of aryl methyl sites for hydroxylation is 3. The summed E-state index contributed by atoms with van der Waals surface area (Å²) in [4.78, 5) is 22.9. The zero-order valence-corrected chi connectivity index (χ0v) is 22.8. The van der Waals surface area contributed by atoms with E-state index in [0.29, 0.717) is 23.5 Å². The van der Waals surface area contributed by atoms with Crippen molar-refractivity contribution in [1.29, 1.82) is 0 Å². The minimum absolute atomic E-state index is 0.119. The average molecular weight is 540 g/mol. The second-order valence-electron chi connectivity index (χ2n) is 9.15. The summed E-state index contributed by atoms with van der Waals surface area (Å²) >= 11 is 3.05. The van der Waals surface area contributed by atoms with Gasteiger partial charge in [0.1, 0.15) is 16.4 Å². The molecule has 0 aliphatic heterocycles. The zero-order valence-electron chi connectivity index (χ0n) is 21.2. The summed E-state index contributed by atoms with van der Waals surface area (Å²) in [6.45, 7) is 6.63. The van der Waals surface area contributed by atoms with Crippen LogP contribution < -0.4 is 5.56 Å². The molecule has 0 saturated heterocycles. The number of hydrogen-bond donors (Lipinski definition) is 1. The molecule has 0 aliphatic rings. The normalized spacial score (nSPS) is 11.4. The van der Waals surface area contributed by atoms with Gasteiger partial charge in [-0.15, -0.1) is 21.5 Å². The van der Waals surface area contributed by atoms with E-state index in [9.17, 15) is 4.79 Å². The Morgan fingerprint density at radius 2 is 1.79 bits per heavy atom. The minimum Gasteiger partial charge on any atom is -0.469 e. The number of fused-ring (bicyclic) bond motifs is 1. The van der Waals surface area contributed by atoms with Gasteiger partial charge >= 0.3 is 0 Å². The van der Waals surface area contributed by atoms with Crippen LogP contribution in [0, 0.1) is 20.8 Å². The Hall–Kier alpha value is -3.95. The molecule has 0 amide bonds. The summed E-state index contributed by atoms with van der Waals surface area (Å²) in [5.41, 5.74) is 5.10. The summed E-state index contributed by atoms with van der Waals surface area (Å²) in [6.07, 6.45) is 1.66. The Labute approximate surface area is 227 Å². The summed E-state index contributed by atoms with van der Waals surface area (Å²) in [7, 11) is 0. The lowest BCUT2D eigenvalue weighted by molar-refractivity contribution is 0.534. The first-order valence-corrected chi connectivity index (χ1v) is 14.0. The maximum atomic E-state index is 13.2. The van der Waals surface area contributed by atoms with E-state index in [1.54, 1.807) is 17.6 Å². The fraction of sp³-hybridized carbons (Fsp3) is 0.172. The number of aromatic amines is 1. The van der Waals surface area contributed by atoms with E-state index >= 15 is 0 Å². The standard InChI is InChI=1S/C29H25N5O2S2/c1-17-9-11-21(12-10-17)24-19(3)38-28-25(24)27(35)30-23(31-28)16-37-29-33-32-26(22-13-14-36-18(22)2)34(29)15-20-7-5-4-6-8-20/h4-14H,15-16H2,1-3H3,(H,30,31,35). The largest absolute Gasteiger partial charge is 0.469 e. The van der Waals surface area contributed by atoms with Crippen LogP contribution in [0.3, 0.4) is 0 Å². The van der Waals surface area contributed by atoms with Crippen LogP contribution in [0.2, 0.25) is 0 Å². The molecule has 7 nitrogen and oxygen atoms in total. The molecule has 38 heavy (non-hydrogen) atoms. The number of nitrogens with zero attached hydrogens (tertiary/aromatic N) is 4. The van der Waals surface area contributed by atoms with Crippen molar-refractivity contribution in [3.05, 3.63) is 105 Å². The van der Waals surface area contributed by atoms with Crippen LogP contribution in [0.4, 0.5) is 0 Å². The van der Waals surface area contributed by atoms with Crippen LogP contribution in [-0.4, -0.2) is 24.7 Å². The second-order valence-corrected chi connectivity index (χ2v) is 11.3. The Balaban J connectivity index is 1.33. The van der Waals surface area contributed by atoms with Crippen LogP contribution in [0.5, 0.6) is 0 Å². The molecule has 0 aliphatic carbocycles. The van der Waals surface area contributed by atoms with Crippen LogP contribution >= 0.6 is 23.1 Å². The summed E-state index contributed by atoms with van der Waals surface area (Å²) in [6, 6.07) is 20.4. The third-order valence-electron chi connectivity index (χ3n) is 6.47. The number of hydrogen-bond acceptors (Lipinski definition) is 7. The first-order chi connectivity index (χ1) is 18.5. The highest BCUT2D eigenvalue weighted by Crippen LogP contribution is 2.36. The van der Waals surface area contributed by atoms with E-state index in [2.05, 4.69) is 63.1 Å². The molecule has 0 spiro atoms. The number of aromatic nitrogens is 5. The van der Waals surface area contributed by atoms with Crippen molar-refractivity contribution in [2.75, 3.05) is 0 Å². The number of rotatable bonds is 7. The van der Waals surface area contributed by atoms with Crippen molar-refractivity contribution < 1.29 is 4.42 Å². The topological polar surface area (TPSA) is 89.6 Å². The number of nitrogens with one attached hydrogen (secondary N) is 1. The first-order valence-electron chi connectivity index (χ1n) is 12.2.